The van der Waals surface area contributed by atoms with Gasteiger partial charge in [0.25, 0.3) is 0 Å². The molecule has 2 aliphatic carbocycles. The van der Waals surface area contributed by atoms with Gasteiger partial charge in [0.05, 0.1) is 5.92 Å². The lowest BCUT2D eigenvalue weighted by atomic mass is 9.77. The van der Waals surface area contributed by atoms with Gasteiger partial charge >= 0.3 is 6.11 Å². The minimum absolute atomic E-state index is 0.128. The Morgan fingerprint density at radius 3 is 1.83 bits per heavy atom. The van der Waals surface area contributed by atoms with Gasteiger partial charge in [0, 0.05) is 12.1 Å². The summed E-state index contributed by atoms with van der Waals surface area (Å²) in [4.78, 5) is 0. The van der Waals surface area contributed by atoms with Crippen molar-refractivity contribution >= 4 is 0 Å². The van der Waals surface area contributed by atoms with E-state index in [1.54, 1.807) is 6.07 Å². The van der Waals surface area contributed by atoms with E-state index in [9.17, 15) is 26.3 Å². The molecule has 4 rings (SSSR count). The lowest BCUT2D eigenvalue weighted by Gasteiger charge is -2.32. The number of alkyl halides is 2. The molecule has 0 aliphatic heterocycles. The third-order valence-corrected chi connectivity index (χ3v) is 7.48. The molecule has 2 aliphatic rings. The normalized spacial score (nSPS) is 25.7. The first-order valence-corrected chi connectivity index (χ1v) is 12.3. The SMILES string of the molecule is Cc1ccc(C2CCC(/C=C/C3CCC(C(F)(F)Oc4cc(F)c(F)c(F)c4)CC3)CC2)c(F)c1. The van der Waals surface area contributed by atoms with Gasteiger partial charge < -0.3 is 4.74 Å². The van der Waals surface area contributed by atoms with E-state index >= 15 is 0 Å². The van der Waals surface area contributed by atoms with E-state index < -0.39 is 35.2 Å². The molecule has 2 saturated carbocycles. The van der Waals surface area contributed by atoms with Gasteiger partial charge in [0.15, 0.2) is 17.5 Å². The fourth-order valence-corrected chi connectivity index (χ4v) is 5.38. The lowest BCUT2D eigenvalue weighted by molar-refractivity contribution is -0.223. The number of benzene rings is 2. The number of aryl methyl sites for hydroxylation is 1. The molecule has 0 aromatic heterocycles. The fraction of sp³-hybridized carbons (Fsp3) is 0.500. The smallest absolute Gasteiger partial charge is 0.400 e. The second-order valence-corrected chi connectivity index (χ2v) is 10.00. The molecular formula is C28H30F6O. The number of rotatable bonds is 6. The van der Waals surface area contributed by atoms with Gasteiger partial charge in [-0.25, -0.2) is 17.6 Å². The Labute approximate surface area is 202 Å². The monoisotopic (exact) mass is 496 g/mol. The highest BCUT2D eigenvalue weighted by molar-refractivity contribution is 5.27. The van der Waals surface area contributed by atoms with E-state index in [1.165, 1.54) is 0 Å². The second kappa shape index (κ2) is 10.7. The highest BCUT2D eigenvalue weighted by atomic mass is 19.3. The number of hydrogen-bond donors (Lipinski definition) is 0. The Balaban J connectivity index is 1.25. The summed E-state index contributed by atoms with van der Waals surface area (Å²) < 4.78 is 87.7. The van der Waals surface area contributed by atoms with Crippen LogP contribution in [0, 0.1) is 47.9 Å². The molecule has 0 unspecified atom stereocenters. The van der Waals surface area contributed by atoms with Crippen LogP contribution < -0.4 is 4.74 Å². The molecule has 2 aromatic carbocycles. The first kappa shape index (κ1) is 25.6. The molecule has 0 N–H and O–H groups in total. The maximum atomic E-state index is 14.6. The molecule has 0 spiro atoms. The summed E-state index contributed by atoms with van der Waals surface area (Å²) in [7, 11) is 0. The molecule has 1 nitrogen and oxygen atoms in total. The molecule has 0 atom stereocenters. The first-order chi connectivity index (χ1) is 16.6. The minimum atomic E-state index is -3.60. The van der Waals surface area contributed by atoms with Gasteiger partial charge in [0.2, 0.25) is 0 Å². The number of allylic oxidation sites excluding steroid dienone is 2. The molecule has 190 valence electrons. The zero-order valence-electron chi connectivity index (χ0n) is 19.7. The van der Waals surface area contributed by atoms with Gasteiger partial charge in [-0.1, -0.05) is 24.3 Å². The zero-order valence-corrected chi connectivity index (χ0v) is 19.7. The van der Waals surface area contributed by atoms with Crippen molar-refractivity contribution in [2.75, 3.05) is 0 Å². The summed E-state index contributed by atoms with van der Waals surface area (Å²) >= 11 is 0. The zero-order chi connectivity index (χ0) is 25.2. The Bertz CT molecular complexity index is 1030. The molecule has 0 radical (unpaired) electrons. The molecule has 7 heteroatoms. The summed E-state index contributed by atoms with van der Waals surface area (Å²) in [5, 5.41) is 0. The van der Waals surface area contributed by atoms with E-state index in [-0.39, 0.29) is 30.5 Å². The Hall–Kier alpha value is -2.44. The molecule has 0 amide bonds. The average molecular weight is 497 g/mol. The second-order valence-electron chi connectivity index (χ2n) is 10.00. The molecule has 0 bridgehead atoms. The molecule has 2 fully saturated rings. The Morgan fingerprint density at radius 1 is 0.743 bits per heavy atom. The van der Waals surface area contributed by atoms with E-state index in [1.807, 2.05) is 19.1 Å². The van der Waals surface area contributed by atoms with Crippen LogP contribution in [-0.4, -0.2) is 6.11 Å². The summed E-state index contributed by atoms with van der Waals surface area (Å²) in [6.45, 7) is 1.88. The van der Waals surface area contributed by atoms with Gasteiger partial charge in [-0.15, -0.1) is 0 Å². The summed E-state index contributed by atoms with van der Waals surface area (Å²) in [6.07, 6.45) is 6.07. The van der Waals surface area contributed by atoms with Crippen LogP contribution in [0.25, 0.3) is 0 Å². The lowest BCUT2D eigenvalue weighted by Crippen LogP contribution is -2.37. The first-order valence-electron chi connectivity index (χ1n) is 12.3. The standard InChI is InChI=1S/C28H30F6O/c1-17-2-13-23(24(29)14-17)20-9-5-18(6-10-20)3-4-19-7-11-21(12-8-19)28(33,34)35-22-15-25(30)27(32)26(31)16-22/h2-4,13-16,18-21H,5-12H2,1H3/b4-3+. The van der Waals surface area contributed by atoms with Crippen molar-refractivity contribution in [3.8, 4) is 5.75 Å². The van der Waals surface area contributed by atoms with Crippen molar-refractivity contribution in [3.05, 3.63) is 76.9 Å². The van der Waals surface area contributed by atoms with Gasteiger partial charge in [0.1, 0.15) is 11.6 Å². The van der Waals surface area contributed by atoms with Crippen LogP contribution in [0.3, 0.4) is 0 Å². The van der Waals surface area contributed by atoms with E-state index in [2.05, 4.69) is 16.9 Å². The van der Waals surface area contributed by atoms with E-state index in [0.29, 0.717) is 30.9 Å². The van der Waals surface area contributed by atoms with Crippen LogP contribution in [-0.2, 0) is 0 Å². The van der Waals surface area contributed by atoms with Crippen molar-refractivity contribution in [1.82, 2.24) is 0 Å². The molecule has 2 aromatic rings. The van der Waals surface area contributed by atoms with E-state index in [4.69, 9.17) is 0 Å². The predicted octanol–water partition coefficient (Wildman–Crippen LogP) is 8.86. The third kappa shape index (κ3) is 6.22. The third-order valence-electron chi connectivity index (χ3n) is 7.48. The van der Waals surface area contributed by atoms with Crippen molar-refractivity contribution in [1.29, 1.82) is 0 Å². The molecule has 0 saturated heterocycles. The summed E-state index contributed by atoms with van der Waals surface area (Å²) in [5.74, 6) is -5.95. The molecular weight excluding hydrogens is 466 g/mol. The summed E-state index contributed by atoms with van der Waals surface area (Å²) in [5.41, 5.74) is 1.71. The predicted molar refractivity (Wildman–Crippen MR) is 122 cm³/mol. The average Bonchev–Trinajstić information content (AvgIpc) is 2.82. The van der Waals surface area contributed by atoms with Crippen LogP contribution in [0.5, 0.6) is 5.75 Å². The van der Waals surface area contributed by atoms with Crippen LogP contribution in [0.2, 0.25) is 0 Å². The maximum absolute atomic E-state index is 14.6. The Kier molecular flexibility index (Phi) is 7.82. The van der Waals surface area contributed by atoms with Gasteiger partial charge in [-0.2, -0.15) is 8.78 Å². The topological polar surface area (TPSA) is 9.23 Å². The molecule has 35 heavy (non-hydrogen) atoms. The largest absolute Gasteiger partial charge is 0.432 e. The number of ether oxygens (including phenoxy) is 1. The fourth-order valence-electron chi connectivity index (χ4n) is 5.38. The van der Waals surface area contributed by atoms with Gasteiger partial charge in [-0.3, -0.25) is 0 Å². The quantitative estimate of drug-likeness (QED) is 0.220. The van der Waals surface area contributed by atoms with Crippen LogP contribution in [0.15, 0.2) is 42.5 Å². The van der Waals surface area contributed by atoms with Crippen molar-refractivity contribution < 1.29 is 31.1 Å². The van der Waals surface area contributed by atoms with Crippen molar-refractivity contribution in [2.24, 2.45) is 17.8 Å². The summed E-state index contributed by atoms with van der Waals surface area (Å²) in [6, 6.07) is 6.30. The van der Waals surface area contributed by atoms with Crippen LogP contribution in [0.4, 0.5) is 26.3 Å². The Morgan fingerprint density at radius 2 is 1.29 bits per heavy atom. The van der Waals surface area contributed by atoms with Crippen molar-refractivity contribution in [3.63, 3.8) is 0 Å². The maximum Gasteiger partial charge on any atom is 0.400 e. The molecule has 0 heterocycles. The number of halogens is 6. The van der Waals surface area contributed by atoms with Gasteiger partial charge in [-0.05, 0) is 93.2 Å². The van der Waals surface area contributed by atoms with Crippen LogP contribution >= 0.6 is 0 Å². The highest BCUT2D eigenvalue weighted by Gasteiger charge is 2.44. The minimum Gasteiger partial charge on any atom is -0.432 e. The van der Waals surface area contributed by atoms with Crippen molar-refractivity contribution in [2.45, 2.75) is 70.3 Å². The van der Waals surface area contributed by atoms with Crippen LogP contribution in [0.1, 0.15) is 68.4 Å². The number of hydrogen-bond acceptors (Lipinski definition) is 1. The highest BCUT2D eigenvalue weighted by Crippen LogP contribution is 2.42. The van der Waals surface area contributed by atoms with E-state index in [0.717, 1.165) is 36.8 Å².